The Balaban J connectivity index is 1.75. The largest absolute Gasteiger partial charge is 0.456 e. The zero-order valence-corrected chi connectivity index (χ0v) is 14.6. The molecule has 24 heavy (non-hydrogen) atoms. The second kappa shape index (κ2) is 8.58. The van der Waals surface area contributed by atoms with Gasteiger partial charge in [0.25, 0.3) is 11.5 Å². The molecule has 0 spiro atoms. The highest BCUT2D eigenvalue weighted by atomic mass is 32.1. The Morgan fingerprint density at radius 1 is 1.42 bits per heavy atom. The summed E-state index contributed by atoms with van der Waals surface area (Å²) in [5, 5.41) is 5.03. The number of thiophene rings is 1. The fraction of sp³-hybridized carbons (Fsp3) is 0.500. The van der Waals surface area contributed by atoms with Crippen LogP contribution >= 0.6 is 11.3 Å². The summed E-state index contributed by atoms with van der Waals surface area (Å²) in [4.78, 5) is 40.2. The highest BCUT2D eigenvalue weighted by molar-refractivity contribution is 7.16. The number of aryl methyl sites for hydroxylation is 1. The Labute approximate surface area is 143 Å². The minimum Gasteiger partial charge on any atom is -0.456 e. The Morgan fingerprint density at radius 3 is 2.96 bits per heavy atom. The van der Waals surface area contributed by atoms with E-state index in [1.54, 1.807) is 11.4 Å². The van der Waals surface area contributed by atoms with Crippen molar-refractivity contribution in [3.63, 3.8) is 0 Å². The van der Waals surface area contributed by atoms with Gasteiger partial charge in [0.15, 0.2) is 6.61 Å². The SMILES string of the molecule is CC(C)CCNC(=O)COC(=O)CCn1cnc2sccc2c1=O. The summed E-state index contributed by atoms with van der Waals surface area (Å²) in [5.41, 5.74) is -0.180. The molecule has 1 N–H and O–H groups in total. The van der Waals surface area contributed by atoms with Crippen LogP contribution in [0.2, 0.25) is 0 Å². The predicted molar refractivity (Wildman–Crippen MR) is 91.9 cm³/mol. The fourth-order valence-electron chi connectivity index (χ4n) is 2.03. The first-order valence-corrected chi connectivity index (χ1v) is 8.70. The van der Waals surface area contributed by atoms with Gasteiger partial charge in [-0.1, -0.05) is 13.8 Å². The third-order valence-corrected chi connectivity index (χ3v) is 4.24. The molecule has 7 nitrogen and oxygen atoms in total. The number of carbonyl (C=O) groups excluding carboxylic acids is 2. The third-order valence-electron chi connectivity index (χ3n) is 3.42. The molecule has 2 aromatic heterocycles. The molecule has 2 heterocycles. The van der Waals surface area contributed by atoms with Crippen molar-refractivity contribution < 1.29 is 14.3 Å². The van der Waals surface area contributed by atoms with Crippen molar-refractivity contribution >= 4 is 33.4 Å². The van der Waals surface area contributed by atoms with E-state index in [9.17, 15) is 14.4 Å². The zero-order chi connectivity index (χ0) is 17.5. The molecule has 0 radical (unpaired) electrons. The number of fused-ring (bicyclic) bond motifs is 1. The molecule has 0 fully saturated rings. The lowest BCUT2D eigenvalue weighted by Gasteiger charge is -2.08. The molecule has 1 amide bonds. The van der Waals surface area contributed by atoms with Crippen LogP contribution in [0.4, 0.5) is 0 Å². The first-order valence-electron chi connectivity index (χ1n) is 7.82. The summed E-state index contributed by atoms with van der Waals surface area (Å²) in [6, 6.07) is 1.71. The van der Waals surface area contributed by atoms with Gasteiger partial charge in [0.2, 0.25) is 0 Å². The average Bonchev–Trinajstić information content (AvgIpc) is 3.01. The van der Waals surface area contributed by atoms with Gasteiger partial charge in [0.1, 0.15) is 4.83 Å². The number of amides is 1. The number of hydrogen-bond donors (Lipinski definition) is 1. The van der Waals surface area contributed by atoms with Crippen LogP contribution in [0.3, 0.4) is 0 Å². The number of aromatic nitrogens is 2. The van der Waals surface area contributed by atoms with E-state index in [4.69, 9.17) is 4.74 Å². The first-order chi connectivity index (χ1) is 11.5. The van der Waals surface area contributed by atoms with E-state index < -0.39 is 5.97 Å². The van der Waals surface area contributed by atoms with Crippen molar-refractivity contribution in [3.05, 3.63) is 28.1 Å². The molecule has 0 aliphatic carbocycles. The predicted octanol–water partition coefficient (Wildman–Crippen LogP) is 1.55. The molecule has 0 aliphatic rings. The van der Waals surface area contributed by atoms with Crippen molar-refractivity contribution in [2.75, 3.05) is 13.2 Å². The first kappa shape index (κ1) is 18.1. The van der Waals surface area contributed by atoms with Gasteiger partial charge < -0.3 is 10.1 Å². The Kier molecular flexibility index (Phi) is 6.48. The van der Waals surface area contributed by atoms with Crippen LogP contribution in [0, 0.1) is 5.92 Å². The molecular weight excluding hydrogens is 330 g/mol. The third kappa shape index (κ3) is 5.16. The van der Waals surface area contributed by atoms with Gasteiger partial charge in [0.05, 0.1) is 18.1 Å². The number of nitrogens with one attached hydrogen (secondary N) is 1. The summed E-state index contributed by atoms with van der Waals surface area (Å²) in [6.45, 7) is 4.57. The second-order valence-electron chi connectivity index (χ2n) is 5.83. The van der Waals surface area contributed by atoms with Crippen LogP contribution in [0.25, 0.3) is 10.2 Å². The molecule has 130 valence electrons. The van der Waals surface area contributed by atoms with Crippen molar-refractivity contribution in [3.8, 4) is 0 Å². The average molecular weight is 351 g/mol. The fourth-order valence-corrected chi connectivity index (χ4v) is 2.76. The highest BCUT2D eigenvalue weighted by Gasteiger charge is 2.10. The normalized spacial score (nSPS) is 11.0. The monoisotopic (exact) mass is 351 g/mol. The summed E-state index contributed by atoms with van der Waals surface area (Å²) in [6.07, 6.45) is 2.31. The van der Waals surface area contributed by atoms with Gasteiger partial charge in [-0.3, -0.25) is 19.0 Å². The summed E-state index contributed by atoms with van der Waals surface area (Å²) < 4.78 is 6.28. The molecular formula is C16H21N3O4S. The maximum atomic E-state index is 12.2. The Hall–Kier alpha value is -2.22. The number of esters is 1. The van der Waals surface area contributed by atoms with E-state index in [-0.39, 0.29) is 31.0 Å². The number of nitrogens with zero attached hydrogens (tertiary/aromatic N) is 2. The van der Waals surface area contributed by atoms with E-state index in [2.05, 4.69) is 24.1 Å². The number of ether oxygens (including phenoxy) is 1. The molecule has 0 aliphatic heterocycles. The molecule has 0 saturated heterocycles. The lowest BCUT2D eigenvalue weighted by Crippen LogP contribution is -2.30. The van der Waals surface area contributed by atoms with Gasteiger partial charge >= 0.3 is 5.97 Å². The second-order valence-corrected chi connectivity index (χ2v) is 6.72. The van der Waals surface area contributed by atoms with E-state index in [1.807, 2.05) is 0 Å². The lowest BCUT2D eigenvalue weighted by atomic mass is 10.1. The van der Waals surface area contributed by atoms with Crippen molar-refractivity contribution in [1.82, 2.24) is 14.9 Å². The van der Waals surface area contributed by atoms with E-state index in [1.165, 1.54) is 22.2 Å². The van der Waals surface area contributed by atoms with Gasteiger partial charge in [0, 0.05) is 13.1 Å². The Morgan fingerprint density at radius 2 is 2.21 bits per heavy atom. The molecule has 0 saturated carbocycles. The molecule has 8 heteroatoms. The van der Waals surface area contributed by atoms with Crippen molar-refractivity contribution in [2.24, 2.45) is 5.92 Å². The van der Waals surface area contributed by atoms with E-state index in [0.29, 0.717) is 22.7 Å². The van der Waals surface area contributed by atoms with Gasteiger partial charge in [-0.15, -0.1) is 11.3 Å². The molecule has 0 aromatic carbocycles. The molecule has 0 unspecified atom stereocenters. The standard InChI is InChI=1S/C16H21N3O4S/c1-11(2)3-6-17-13(20)9-23-14(21)4-7-19-10-18-15-12(16(19)22)5-8-24-15/h5,8,10-11H,3-4,6-7,9H2,1-2H3,(H,17,20). The number of rotatable bonds is 8. The zero-order valence-electron chi connectivity index (χ0n) is 13.8. The summed E-state index contributed by atoms with van der Waals surface area (Å²) in [7, 11) is 0. The lowest BCUT2D eigenvalue weighted by molar-refractivity contribution is -0.148. The van der Waals surface area contributed by atoms with Gasteiger partial charge in [-0.05, 0) is 23.8 Å². The van der Waals surface area contributed by atoms with Crippen LogP contribution in [-0.4, -0.2) is 34.6 Å². The molecule has 0 atom stereocenters. The van der Waals surface area contributed by atoms with Crippen LogP contribution in [-0.2, 0) is 20.9 Å². The smallest absolute Gasteiger partial charge is 0.308 e. The maximum absolute atomic E-state index is 12.2. The van der Waals surface area contributed by atoms with Crippen LogP contribution in [0.15, 0.2) is 22.6 Å². The Bertz CT molecular complexity index is 766. The number of hydrogen-bond acceptors (Lipinski definition) is 6. The minimum absolute atomic E-state index is 0.0104. The maximum Gasteiger partial charge on any atom is 0.308 e. The minimum atomic E-state index is -0.522. The molecule has 2 aromatic rings. The van der Waals surface area contributed by atoms with E-state index in [0.717, 1.165) is 6.42 Å². The van der Waals surface area contributed by atoms with Crippen LogP contribution < -0.4 is 10.9 Å². The molecule has 0 bridgehead atoms. The van der Waals surface area contributed by atoms with E-state index >= 15 is 0 Å². The summed E-state index contributed by atoms with van der Waals surface area (Å²) >= 11 is 1.39. The van der Waals surface area contributed by atoms with Crippen molar-refractivity contribution in [1.29, 1.82) is 0 Å². The topological polar surface area (TPSA) is 90.3 Å². The quantitative estimate of drug-likeness (QED) is 0.729. The van der Waals surface area contributed by atoms with Gasteiger partial charge in [-0.25, -0.2) is 4.98 Å². The number of carbonyl (C=O) groups is 2. The highest BCUT2D eigenvalue weighted by Crippen LogP contribution is 2.13. The summed E-state index contributed by atoms with van der Waals surface area (Å²) in [5.74, 6) is -0.339. The molecule has 2 rings (SSSR count). The van der Waals surface area contributed by atoms with Crippen LogP contribution in [0.1, 0.15) is 26.7 Å². The van der Waals surface area contributed by atoms with Crippen LogP contribution in [0.5, 0.6) is 0 Å². The van der Waals surface area contributed by atoms with Gasteiger partial charge in [-0.2, -0.15) is 0 Å². The van der Waals surface area contributed by atoms with Crippen molar-refractivity contribution in [2.45, 2.75) is 33.2 Å².